The van der Waals surface area contributed by atoms with Gasteiger partial charge in [-0.1, -0.05) is 13.3 Å². The zero-order valence-corrected chi connectivity index (χ0v) is 15.2. The van der Waals surface area contributed by atoms with E-state index in [0.717, 1.165) is 31.5 Å². The molecular formula is C19H25F3N2O2. The Morgan fingerprint density at radius 1 is 1.15 bits per heavy atom. The van der Waals surface area contributed by atoms with Crippen LogP contribution in [-0.4, -0.2) is 48.3 Å². The average Bonchev–Trinajstić information content (AvgIpc) is 2.64. The fourth-order valence-corrected chi connectivity index (χ4v) is 3.13. The van der Waals surface area contributed by atoms with Crippen LogP contribution in [0.25, 0.3) is 0 Å². The fraction of sp³-hybridized carbons (Fsp3) is 0.579. The van der Waals surface area contributed by atoms with Gasteiger partial charge >= 0.3 is 6.18 Å². The lowest BCUT2D eigenvalue weighted by Gasteiger charge is -2.33. The fourth-order valence-electron chi connectivity index (χ4n) is 3.13. The van der Waals surface area contributed by atoms with Crippen LogP contribution < -0.4 is 0 Å². The van der Waals surface area contributed by atoms with Gasteiger partial charge in [0.2, 0.25) is 5.91 Å². The highest BCUT2D eigenvalue weighted by atomic mass is 19.4. The molecule has 26 heavy (non-hydrogen) atoms. The third kappa shape index (κ3) is 4.99. The number of unbranched alkanes of at least 4 members (excludes halogenated alkanes) is 1. The van der Waals surface area contributed by atoms with E-state index in [1.54, 1.807) is 16.8 Å². The normalized spacial score (nSPS) is 15.8. The Morgan fingerprint density at radius 2 is 1.73 bits per heavy atom. The molecule has 0 N–H and O–H groups in total. The molecule has 0 radical (unpaired) electrons. The number of amides is 2. The molecule has 0 unspecified atom stereocenters. The number of carbonyl (C=O) groups is 2. The van der Waals surface area contributed by atoms with E-state index < -0.39 is 11.7 Å². The van der Waals surface area contributed by atoms with Crippen molar-refractivity contribution in [2.75, 3.05) is 26.7 Å². The van der Waals surface area contributed by atoms with Gasteiger partial charge in [-0.15, -0.1) is 0 Å². The van der Waals surface area contributed by atoms with E-state index in [9.17, 15) is 22.8 Å². The molecule has 0 saturated carbocycles. The standard InChI is InChI=1S/C19H25F3N2O2/c1-3-4-11-23(2)17(25)15-9-12-24(13-10-15)18(26)14-5-7-16(8-6-14)19(20,21)22/h5-8,15H,3-4,9-13H2,1-2H3. The van der Waals surface area contributed by atoms with Crippen molar-refractivity contribution in [2.45, 2.75) is 38.8 Å². The number of alkyl halides is 3. The Morgan fingerprint density at radius 3 is 2.23 bits per heavy atom. The smallest absolute Gasteiger partial charge is 0.346 e. The SMILES string of the molecule is CCCCN(C)C(=O)C1CCN(C(=O)c2ccc(C(F)(F)F)cc2)CC1. The van der Waals surface area contributed by atoms with E-state index in [0.29, 0.717) is 25.9 Å². The van der Waals surface area contributed by atoms with Gasteiger partial charge in [0, 0.05) is 38.2 Å². The molecule has 1 aromatic carbocycles. The van der Waals surface area contributed by atoms with E-state index in [4.69, 9.17) is 0 Å². The predicted octanol–water partition coefficient (Wildman–Crippen LogP) is 3.82. The van der Waals surface area contributed by atoms with Gasteiger partial charge in [-0.3, -0.25) is 9.59 Å². The first-order valence-corrected chi connectivity index (χ1v) is 8.95. The van der Waals surface area contributed by atoms with Crippen molar-refractivity contribution < 1.29 is 22.8 Å². The van der Waals surface area contributed by atoms with Crippen LogP contribution in [0.1, 0.15) is 48.5 Å². The molecule has 4 nitrogen and oxygen atoms in total. The van der Waals surface area contributed by atoms with Crippen LogP contribution in [-0.2, 0) is 11.0 Å². The minimum Gasteiger partial charge on any atom is -0.346 e. The number of benzene rings is 1. The lowest BCUT2D eigenvalue weighted by molar-refractivity contribution is -0.137. The molecule has 1 aromatic rings. The molecule has 2 amide bonds. The minimum absolute atomic E-state index is 0.0893. The molecule has 0 aromatic heterocycles. The van der Waals surface area contributed by atoms with Crippen LogP contribution in [0.4, 0.5) is 13.2 Å². The molecule has 0 atom stereocenters. The van der Waals surface area contributed by atoms with Crippen molar-refractivity contribution in [3.63, 3.8) is 0 Å². The summed E-state index contributed by atoms with van der Waals surface area (Å²) in [7, 11) is 1.80. The molecular weight excluding hydrogens is 345 g/mol. The van der Waals surface area contributed by atoms with Crippen LogP contribution in [0.3, 0.4) is 0 Å². The number of hydrogen-bond acceptors (Lipinski definition) is 2. The molecule has 1 aliphatic rings. The van der Waals surface area contributed by atoms with Crippen LogP contribution >= 0.6 is 0 Å². The molecule has 0 bridgehead atoms. The van der Waals surface area contributed by atoms with Crippen LogP contribution in [0.2, 0.25) is 0 Å². The summed E-state index contributed by atoms with van der Waals surface area (Å²) in [5.41, 5.74) is -0.531. The average molecular weight is 370 g/mol. The molecule has 2 rings (SSSR count). The Labute approximate surface area is 152 Å². The van der Waals surface area contributed by atoms with Crippen molar-refractivity contribution in [3.05, 3.63) is 35.4 Å². The summed E-state index contributed by atoms with van der Waals surface area (Å²) in [4.78, 5) is 28.2. The van der Waals surface area contributed by atoms with Crippen molar-refractivity contribution in [3.8, 4) is 0 Å². The summed E-state index contributed by atoms with van der Waals surface area (Å²) in [5, 5.41) is 0. The van der Waals surface area contributed by atoms with E-state index in [2.05, 4.69) is 6.92 Å². The van der Waals surface area contributed by atoms with E-state index >= 15 is 0 Å². The number of carbonyl (C=O) groups excluding carboxylic acids is 2. The third-order valence-corrected chi connectivity index (χ3v) is 4.81. The second-order valence-electron chi connectivity index (χ2n) is 6.75. The van der Waals surface area contributed by atoms with Crippen molar-refractivity contribution in [1.82, 2.24) is 9.80 Å². The van der Waals surface area contributed by atoms with Gasteiger partial charge in [-0.25, -0.2) is 0 Å². The molecule has 7 heteroatoms. The Balaban J connectivity index is 1.91. The zero-order valence-electron chi connectivity index (χ0n) is 15.2. The number of halogens is 3. The van der Waals surface area contributed by atoms with Gasteiger partial charge in [-0.2, -0.15) is 13.2 Å². The lowest BCUT2D eigenvalue weighted by atomic mass is 9.94. The summed E-state index contributed by atoms with van der Waals surface area (Å²) in [6.45, 7) is 3.69. The van der Waals surface area contributed by atoms with Gasteiger partial charge in [-0.05, 0) is 43.5 Å². The molecule has 1 heterocycles. The number of hydrogen-bond donors (Lipinski definition) is 0. The Hall–Kier alpha value is -2.05. The van der Waals surface area contributed by atoms with Gasteiger partial charge in [0.1, 0.15) is 0 Å². The van der Waals surface area contributed by atoms with E-state index in [1.807, 2.05) is 0 Å². The first-order chi connectivity index (χ1) is 12.2. The van der Waals surface area contributed by atoms with Gasteiger partial charge in [0.15, 0.2) is 0 Å². The zero-order chi connectivity index (χ0) is 19.3. The van der Waals surface area contributed by atoms with Gasteiger partial charge in [0.05, 0.1) is 5.56 Å². The minimum atomic E-state index is -4.41. The summed E-state index contributed by atoms with van der Waals surface area (Å²) >= 11 is 0. The van der Waals surface area contributed by atoms with Crippen molar-refractivity contribution in [2.24, 2.45) is 5.92 Å². The summed E-state index contributed by atoms with van der Waals surface area (Å²) in [5.74, 6) is -0.266. The maximum atomic E-state index is 12.6. The number of rotatable bonds is 5. The summed E-state index contributed by atoms with van der Waals surface area (Å²) < 4.78 is 37.8. The lowest BCUT2D eigenvalue weighted by Crippen LogP contribution is -2.43. The van der Waals surface area contributed by atoms with Gasteiger partial charge in [0.25, 0.3) is 5.91 Å². The largest absolute Gasteiger partial charge is 0.416 e. The maximum Gasteiger partial charge on any atom is 0.416 e. The van der Waals surface area contributed by atoms with E-state index in [-0.39, 0.29) is 23.3 Å². The molecule has 1 aliphatic heterocycles. The molecule has 144 valence electrons. The third-order valence-electron chi connectivity index (χ3n) is 4.81. The first kappa shape index (κ1) is 20.3. The Bertz CT molecular complexity index is 621. The van der Waals surface area contributed by atoms with Crippen LogP contribution in [0.5, 0.6) is 0 Å². The van der Waals surface area contributed by atoms with Crippen LogP contribution in [0, 0.1) is 5.92 Å². The number of likely N-dealkylation sites (tertiary alicyclic amines) is 1. The van der Waals surface area contributed by atoms with E-state index in [1.165, 1.54) is 12.1 Å². The molecule has 1 saturated heterocycles. The van der Waals surface area contributed by atoms with Crippen molar-refractivity contribution >= 4 is 11.8 Å². The first-order valence-electron chi connectivity index (χ1n) is 8.95. The number of piperidine rings is 1. The molecule has 1 fully saturated rings. The van der Waals surface area contributed by atoms with Gasteiger partial charge < -0.3 is 9.80 Å². The maximum absolute atomic E-state index is 12.6. The highest BCUT2D eigenvalue weighted by Crippen LogP contribution is 2.29. The second-order valence-corrected chi connectivity index (χ2v) is 6.75. The summed E-state index contributed by atoms with van der Waals surface area (Å²) in [6.07, 6.45) is -1.25. The van der Waals surface area contributed by atoms with Crippen LogP contribution in [0.15, 0.2) is 24.3 Å². The molecule has 0 aliphatic carbocycles. The highest BCUT2D eigenvalue weighted by Gasteiger charge is 2.32. The number of nitrogens with zero attached hydrogens (tertiary/aromatic N) is 2. The quantitative estimate of drug-likeness (QED) is 0.791. The Kier molecular flexibility index (Phi) is 6.67. The topological polar surface area (TPSA) is 40.6 Å². The monoisotopic (exact) mass is 370 g/mol. The van der Waals surface area contributed by atoms with Crippen molar-refractivity contribution in [1.29, 1.82) is 0 Å². The second kappa shape index (κ2) is 8.56. The molecule has 0 spiro atoms. The summed E-state index contributed by atoms with van der Waals surface area (Å²) in [6, 6.07) is 4.26. The predicted molar refractivity (Wildman–Crippen MR) is 92.6 cm³/mol. The highest BCUT2D eigenvalue weighted by molar-refractivity contribution is 5.94.